The van der Waals surface area contributed by atoms with E-state index < -0.39 is 0 Å². The third kappa shape index (κ3) is 3.57. The Kier molecular flexibility index (Phi) is 4.89. The van der Waals surface area contributed by atoms with E-state index in [1.54, 1.807) is 6.07 Å². The number of nitrogens with zero attached hydrogens (tertiary/aromatic N) is 3. The molecule has 0 spiro atoms. The second-order valence-electron chi connectivity index (χ2n) is 4.51. The molecular weight excluding hydrogens is 272 g/mol. The molecule has 0 aliphatic carbocycles. The van der Waals surface area contributed by atoms with Gasteiger partial charge in [-0.05, 0) is 31.5 Å². The fraction of sp³-hybridized carbons (Fsp3) is 0.357. The number of anilines is 1. The van der Waals surface area contributed by atoms with E-state index in [9.17, 15) is 4.79 Å². The van der Waals surface area contributed by atoms with Crippen LogP contribution in [0.2, 0.25) is 0 Å². The van der Waals surface area contributed by atoms with Crippen molar-refractivity contribution in [2.75, 3.05) is 25.0 Å². The highest BCUT2D eigenvalue weighted by Crippen LogP contribution is 2.24. The number of aryl methyl sites for hydroxylation is 1. The molecule has 2 rings (SSSR count). The van der Waals surface area contributed by atoms with Crippen molar-refractivity contribution in [1.29, 1.82) is 0 Å². The fourth-order valence-electron chi connectivity index (χ4n) is 1.91. The number of hydrogen-bond acceptors (Lipinski definition) is 5. The first-order chi connectivity index (χ1) is 10.2. The lowest BCUT2D eigenvalue weighted by molar-refractivity contribution is 0.192. The van der Waals surface area contributed by atoms with Crippen LogP contribution in [0.4, 0.5) is 10.5 Å². The lowest BCUT2D eigenvalue weighted by Gasteiger charge is -2.21. The van der Waals surface area contributed by atoms with Gasteiger partial charge in [-0.2, -0.15) is 0 Å². The van der Waals surface area contributed by atoms with Gasteiger partial charge in [-0.15, -0.1) is 10.2 Å². The van der Waals surface area contributed by atoms with Crippen LogP contribution in [0.5, 0.6) is 0 Å². The standard InChI is InChI=1S/C14H18N4O3/c1-3-18(6-7-19)14(20)16-12-8-11(5-4-10(12)2)13-17-15-9-21-13/h4-5,8-9,19H,3,6-7H2,1-2H3,(H,16,20). The normalized spacial score (nSPS) is 10.4. The number of carbonyl (C=O) groups is 1. The van der Waals surface area contributed by atoms with E-state index in [1.165, 1.54) is 11.3 Å². The summed E-state index contributed by atoms with van der Waals surface area (Å²) in [6.07, 6.45) is 1.26. The van der Waals surface area contributed by atoms with Crippen molar-refractivity contribution in [2.45, 2.75) is 13.8 Å². The molecule has 0 saturated heterocycles. The summed E-state index contributed by atoms with van der Waals surface area (Å²) in [5.41, 5.74) is 2.33. The third-order valence-corrected chi connectivity index (χ3v) is 3.13. The molecule has 21 heavy (non-hydrogen) atoms. The van der Waals surface area contributed by atoms with Gasteiger partial charge in [0, 0.05) is 24.3 Å². The number of aromatic nitrogens is 2. The highest BCUT2D eigenvalue weighted by Gasteiger charge is 2.13. The SMILES string of the molecule is CCN(CCO)C(=O)Nc1cc(-c2nnco2)ccc1C. The lowest BCUT2D eigenvalue weighted by atomic mass is 10.1. The van der Waals surface area contributed by atoms with Crippen LogP contribution in [0, 0.1) is 6.92 Å². The second kappa shape index (κ2) is 6.85. The fourth-order valence-corrected chi connectivity index (χ4v) is 1.91. The minimum Gasteiger partial charge on any atom is -0.423 e. The number of amides is 2. The van der Waals surface area contributed by atoms with Crippen LogP contribution in [0.15, 0.2) is 29.0 Å². The van der Waals surface area contributed by atoms with E-state index in [4.69, 9.17) is 9.52 Å². The van der Waals surface area contributed by atoms with Crippen molar-refractivity contribution >= 4 is 11.7 Å². The van der Waals surface area contributed by atoms with E-state index in [0.717, 1.165) is 11.1 Å². The van der Waals surface area contributed by atoms with Crippen LogP contribution in [0.3, 0.4) is 0 Å². The van der Waals surface area contributed by atoms with Crippen LogP contribution in [0.1, 0.15) is 12.5 Å². The Bertz CT molecular complexity index is 598. The molecule has 0 aliphatic heterocycles. The molecule has 0 fully saturated rings. The number of carbonyl (C=O) groups excluding carboxylic acids is 1. The molecule has 0 aliphatic rings. The molecule has 1 aromatic heterocycles. The van der Waals surface area contributed by atoms with Crippen LogP contribution in [-0.4, -0.2) is 45.9 Å². The number of hydrogen-bond donors (Lipinski definition) is 2. The molecule has 0 radical (unpaired) electrons. The molecule has 7 heteroatoms. The Morgan fingerprint density at radius 2 is 2.29 bits per heavy atom. The second-order valence-corrected chi connectivity index (χ2v) is 4.51. The van der Waals surface area contributed by atoms with E-state index >= 15 is 0 Å². The van der Waals surface area contributed by atoms with E-state index in [2.05, 4.69) is 15.5 Å². The summed E-state index contributed by atoms with van der Waals surface area (Å²) in [6, 6.07) is 5.26. The molecule has 112 valence electrons. The zero-order valence-electron chi connectivity index (χ0n) is 12.0. The third-order valence-electron chi connectivity index (χ3n) is 3.13. The van der Waals surface area contributed by atoms with Gasteiger partial charge in [0.15, 0.2) is 0 Å². The van der Waals surface area contributed by atoms with Gasteiger partial charge in [0.05, 0.1) is 6.61 Å². The summed E-state index contributed by atoms with van der Waals surface area (Å²) in [5.74, 6) is 0.396. The zero-order valence-corrected chi connectivity index (χ0v) is 12.0. The van der Waals surface area contributed by atoms with Crippen molar-refractivity contribution in [2.24, 2.45) is 0 Å². The molecule has 1 heterocycles. The Balaban J connectivity index is 2.19. The van der Waals surface area contributed by atoms with Crippen LogP contribution in [-0.2, 0) is 0 Å². The summed E-state index contributed by atoms with van der Waals surface area (Å²) in [7, 11) is 0. The lowest BCUT2D eigenvalue weighted by Crippen LogP contribution is -2.36. The van der Waals surface area contributed by atoms with Crippen LogP contribution >= 0.6 is 0 Å². The minimum atomic E-state index is -0.252. The molecule has 0 atom stereocenters. The average Bonchev–Trinajstić information content (AvgIpc) is 3.01. The van der Waals surface area contributed by atoms with Crippen molar-refractivity contribution in [1.82, 2.24) is 15.1 Å². The molecule has 7 nitrogen and oxygen atoms in total. The van der Waals surface area contributed by atoms with E-state index in [1.807, 2.05) is 26.0 Å². The monoisotopic (exact) mass is 290 g/mol. The molecule has 2 aromatic rings. The number of aliphatic hydroxyl groups excluding tert-OH is 1. The summed E-state index contributed by atoms with van der Waals surface area (Å²) in [5, 5.41) is 19.3. The average molecular weight is 290 g/mol. The first kappa shape index (κ1) is 15.0. The number of nitrogens with one attached hydrogen (secondary N) is 1. The van der Waals surface area contributed by atoms with Gasteiger partial charge < -0.3 is 19.7 Å². The van der Waals surface area contributed by atoms with Crippen molar-refractivity contribution in [3.05, 3.63) is 30.2 Å². The van der Waals surface area contributed by atoms with E-state index in [0.29, 0.717) is 24.7 Å². The van der Waals surface area contributed by atoms with Gasteiger partial charge in [0.1, 0.15) is 0 Å². The first-order valence-corrected chi connectivity index (χ1v) is 6.69. The largest absolute Gasteiger partial charge is 0.423 e. The molecule has 2 amide bonds. The maximum absolute atomic E-state index is 12.1. The Hall–Kier alpha value is -2.41. The summed E-state index contributed by atoms with van der Waals surface area (Å²) in [4.78, 5) is 13.7. The van der Waals surface area contributed by atoms with Gasteiger partial charge in [-0.3, -0.25) is 0 Å². The van der Waals surface area contributed by atoms with Gasteiger partial charge in [-0.1, -0.05) is 6.07 Å². The maximum Gasteiger partial charge on any atom is 0.321 e. The van der Waals surface area contributed by atoms with Crippen molar-refractivity contribution in [3.63, 3.8) is 0 Å². The van der Waals surface area contributed by atoms with Crippen LogP contribution in [0.25, 0.3) is 11.5 Å². The molecule has 2 N–H and O–H groups in total. The summed E-state index contributed by atoms with van der Waals surface area (Å²) in [6.45, 7) is 4.51. The number of urea groups is 1. The number of benzene rings is 1. The summed E-state index contributed by atoms with van der Waals surface area (Å²) >= 11 is 0. The molecular formula is C14H18N4O3. The molecule has 1 aromatic carbocycles. The Labute approximate surface area is 122 Å². The smallest absolute Gasteiger partial charge is 0.321 e. The topological polar surface area (TPSA) is 91.5 Å². The molecule has 0 saturated carbocycles. The predicted octanol–water partition coefficient (Wildman–Crippen LogP) is 1.89. The quantitative estimate of drug-likeness (QED) is 0.877. The van der Waals surface area contributed by atoms with Gasteiger partial charge in [0.2, 0.25) is 12.3 Å². The molecule has 0 bridgehead atoms. The Morgan fingerprint density at radius 3 is 2.90 bits per heavy atom. The zero-order chi connectivity index (χ0) is 15.2. The maximum atomic E-state index is 12.1. The summed E-state index contributed by atoms with van der Waals surface area (Å²) < 4.78 is 5.15. The van der Waals surface area contributed by atoms with Gasteiger partial charge in [0.25, 0.3) is 0 Å². The highest BCUT2D eigenvalue weighted by atomic mass is 16.4. The molecule has 0 unspecified atom stereocenters. The van der Waals surface area contributed by atoms with Crippen LogP contribution < -0.4 is 5.32 Å². The van der Waals surface area contributed by atoms with Crippen molar-refractivity contribution in [3.8, 4) is 11.5 Å². The number of rotatable bonds is 5. The first-order valence-electron chi connectivity index (χ1n) is 6.69. The minimum absolute atomic E-state index is 0.0672. The number of likely N-dealkylation sites (N-methyl/N-ethyl adjacent to an activating group) is 1. The van der Waals surface area contributed by atoms with Crippen molar-refractivity contribution < 1.29 is 14.3 Å². The predicted molar refractivity (Wildman–Crippen MR) is 77.8 cm³/mol. The number of aliphatic hydroxyl groups is 1. The Morgan fingerprint density at radius 1 is 1.48 bits per heavy atom. The highest BCUT2D eigenvalue weighted by molar-refractivity contribution is 5.90. The van der Waals surface area contributed by atoms with Gasteiger partial charge in [-0.25, -0.2) is 4.79 Å². The van der Waals surface area contributed by atoms with E-state index in [-0.39, 0.29) is 12.6 Å². The van der Waals surface area contributed by atoms with Gasteiger partial charge >= 0.3 is 6.03 Å².